The lowest BCUT2D eigenvalue weighted by molar-refractivity contribution is -0.140. The maximum Gasteiger partial charge on any atom is 0.295 e. The van der Waals surface area contributed by atoms with Gasteiger partial charge in [-0.2, -0.15) is 0 Å². The Labute approximate surface area is 199 Å². The van der Waals surface area contributed by atoms with Gasteiger partial charge in [0, 0.05) is 31.7 Å². The lowest BCUT2D eigenvalue weighted by atomic mass is 9.95. The number of aliphatic hydroxyl groups is 1. The zero-order valence-corrected chi connectivity index (χ0v) is 19.2. The van der Waals surface area contributed by atoms with Crippen molar-refractivity contribution < 1.29 is 24.2 Å². The molecule has 0 bridgehead atoms. The molecule has 7 nitrogen and oxygen atoms in total. The molecule has 0 aromatic heterocycles. The molecule has 0 aliphatic carbocycles. The van der Waals surface area contributed by atoms with Gasteiger partial charge < -0.3 is 19.5 Å². The van der Waals surface area contributed by atoms with Crippen molar-refractivity contribution in [2.75, 3.05) is 46.0 Å². The smallest absolute Gasteiger partial charge is 0.295 e. The minimum absolute atomic E-state index is 0.113. The molecule has 2 heterocycles. The Morgan fingerprint density at radius 2 is 1.76 bits per heavy atom. The van der Waals surface area contributed by atoms with Crippen LogP contribution in [0.1, 0.15) is 23.6 Å². The number of carbonyl (C=O) groups excluding carboxylic acids is 2. The van der Waals surface area contributed by atoms with Gasteiger partial charge in [0.05, 0.1) is 24.8 Å². The van der Waals surface area contributed by atoms with Crippen LogP contribution < -0.4 is 4.74 Å². The van der Waals surface area contributed by atoms with Crippen LogP contribution in [-0.2, 0) is 14.3 Å². The average molecular weight is 463 g/mol. The topological polar surface area (TPSA) is 79.3 Å². The van der Waals surface area contributed by atoms with Crippen LogP contribution in [0.4, 0.5) is 0 Å². The van der Waals surface area contributed by atoms with Gasteiger partial charge in [-0.25, -0.2) is 0 Å². The molecule has 2 aromatic carbocycles. The lowest BCUT2D eigenvalue weighted by Crippen LogP contribution is -2.38. The summed E-state index contributed by atoms with van der Waals surface area (Å²) < 4.78 is 11.0. The van der Waals surface area contributed by atoms with Gasteiger partial charge in [-0.05, 0) is 24.1 Å². The lowest BCUT2D eigenvalue weighted by Gasteiger charge is -2.29. The monoisotopic (exact) mass is 462 g/mol. The van der Waals surface area contributed by atoms with E-state index >= 15 is 0 Å². The zero-order valence-electron chi connectivity index (χ0n) is 19.2. The van der Waals surface area contributed by atoms with E-state index in [0.717, 1.165) is 31.6 Å². The highest BCUT2D eigenvalue weighted by Gasteiger charge is 2.45. The molecular formula is C27H30N2O5. The maximum atomic E-state index is 13.1. The molecule has 0 radical (unpaired) electrons. The van der Waals surface area contributed by atoms with Gasteiger partial charge in [0.1, 0.15) is 18.1 Å². The first kappa shape index (κ1) is 23.7. The Balaban J connectivity index is 1.64. The Hall–Kier alpha value is -3.42. The number of benzene rings is 2. The first-order valence-electron chi connectivity index (χ1n) is 11.6. The number of Topliss-reactive ketones (excluding diaryl/α,β-unsaturated/α-hetero) is 1. The third kappa shape index (κ3) is 5.21. The first-order valence-corrected chi connectivity index (χ1v) is 11.6. The molecule has 34 heavy (non-hydrogen) atoms. The number of carbonyl (C=O) groups is 2. The molecular weight excluding hydrogens is 432 g/mol. The summed E-state index contributed by atoms with van der Waals surface area (Å²) in [6.45, 7) is 8.40. The van der Waals surface area contributed by atoms with Crippen molar-refractivity contribution in [3.05, 3.63) is 84.0 Å². The van der Waals surface area contributed by atoms with E-state index in [1.165, 1.54) is 0 Å². The van der Waals surface area contributed by atoms with Gasteiger partial charge in [-0.3, -0.25) is 14.5 Å². The van der Waals surface area contributed by atoms with Crippen LogP contribution in [0.25, 0.3) is 5.76 Å². The first-order chi connectivity index (χ1) is 16.6. The fourth-order valence-corrected chi connectivity index (χ4v) is 4.40. The second-order valence-corrected chi connectivity index (χ2v) is 8.33. The minimum atomic E-state index is -0.668. The van der Waals surface area contributed by atoms with E-state index in [4.69, 9.17) is 9.47 Å². The predicted molar refractivity (Wildman–Crippen MR) is 129 cm³/mol. The van der Waals surface area contributed by atoms with E-state index in [1.807, 2.05) is 18.2 Å². The Kier molecular flexibility index (Phi) is 7.77. The largest absolute Gasteiger partial charge is 0.507 e. The summed E-state index contributed by atoms with van der Waals surface area (Å²) in [5, 5.41) is 11.1. The van der Waals surface area contributed by atoms with Gasteiger partial charge >= 0.3 is 0 Å². The third-order valence-corrected chi connectivity index (χ3v) is 6.13. The van der Waals surface area contributed by atoms with Crippen LogP contribution in [0.15, 0.2) is 72.8 Å². The molecule has 0 spiro atoms. The van der Waals surface area contributed by atoms with E-state index in [0.29, 0.717) is 37.7 Å². The highest BCUT2D eigenvalue weighted by molar-refractivity contribution is 6.46. The number of morpholine rings is 1. The van der Waals surface area contributed by atoms with Crippen LogP contribution in [-0.4, -0.2) is 72.6 Å². The molecule has 1 unspecified atom stereocenters. The fourth-order valence-electron chi connectivity index (χ4n) is 4.40. The molecule has 1 atom stereocenters. The second kappa shape index (κ2) is 11.1. The minimum Gasteiger partial charge on any atom is -0.507 e. The van der Waals surface area contributed by atoms with E-state index in [1.54, 1.807) is 47.4 Å². The number of hydrogen-bond donors (Lipinski definition) is 1. The summed E-state index contributed by atoms with van der Waals surface area (Å²) in [6, 6.07) is 15.5. The van der Waals surface area contributed by atoms with Gasteiger partial charge in [0.15, 0.2) is 0 Å². The van der Waals surface area contributed by atoms with E-state index in [-0.39, 0.29) is 11.3 Å². The van der Waals surface area contributed by atoms with Crippen LogP contribution >= 0.6 is 0 Å². The molecule has 4 rings (SSSR count). The van der Waals surface area contributed by atoms with E-state index in [9.17, 15) is 14.7 Å². The van der Waals surface area contributed by atoms with Crippen LogP contribution in [0.5, 0.6) is 5.75 Å². The Bertz CT molecular complexity index is 1040. The average Bonchev–Trinajstić information content (AvgIpc) is 3.13. The maximum absolute atomic E-state index is 13.1. The van der Waals surface area contributed by atoms with Crippen molar-refractivity contribution in [2.45, 2.75) is 12.5 Å². The Morgan fingerprint density at radius 1 is 1.06 bits per heavy atom. The van der Waals surface area contributed by atoms with Gasteiger partial charge in [-0.1, -0.05) is 55.1 Å². The normalized spacial score (nSPS) is 20.5. The van der Waals surface area contributed by atoms with Crippen LogP contribution in [0.3, 0.4) is 0 Å². The van der Waals surface area contributed by atoms with Crippen LogP contribution in [0, 0.1) is 0 Å². The third-order valence-electron chi connectivity index (χ3n) is 6.13. The Morgan fingerprint density at radius 3 is 2.44 bits per heavy atom. The van der Waals surface area contributed by atoms with Crippen molar-refractivity contribution in [1.82, 2.24) is 9.80 Å². The van der Waals surface area contributed by atoms with Crippen molar-refractivity contribution in [3.63, 3.8) is 0 Å². The highest BCUT2D eigenvalue weighted by Crippen LogP contribution is 2.39. The molecule has 178 valence electrons. The van der Waals surface area contributed by atoms with Gasteiger partial charge in [-0.15, -0.1) is 0 Å². The summed E-state index contributed by atoms with van der Waals surface area (Å²) >= 11 is 0. The highest BCUT2D eigenvalue weighted by atomic mass is 16.5. The molecule has 2 aromatic rings. The standard InChI is InChI=1S/C27H30N2O5/c1-2-17-34-22-11-9-20(10-12-22)24-23(25(30)21-7-4-3-5-8-21)26(31)27(32)29(24)14-6-13-28-15-18-33-19-16-28/h2-5,7-12,24,30H,1,6,13-19H2/b25-23-. The van der Waals surface area contributed by atoms with E-state index in [2.05, 4.69) is 11.5 Å². The number of amides is 1. The molecule has 7 heteroatoms. The second-order valence-electron chi connectivity index (χ2n) is 8.33. The summed E-state index contributed by atoms with van der Waals surface area (Å²) in [5.41, 5.74) is 1.36. The van der Waals surface area contributed by atoms with Crippen molar-refractivity contribution >= 4 is 17.4 Å². The molecule has 1 N–H and O–H groups in total. The number of likely N-dealkylation sites (tertiary alicyclic amines) is 1. The number of aliphatic hydroxyl groups excluding tert-OH is 1. The summed E-state index contributed by atoms with van der Waals surface area (Å²) in [4.78, 5) is 30.1. The van der Waals surface area contributed by atoms with Gasteiger partial charge in [0.25, 0.3) is 11.7 Å². The molecule has 0 saturated carbocycles. The molecule has 2 fully saturated rings. The summed E-state index contributed by atoms with van der Waals surface area (Å²) in [6.07, 6.45) is 2.38. The summed E-state index contributed by atoms with van der Waals surface area (Å²) in [7, 11) is 0. The van der Waals surface area contributed by atoms with Crippen molar-refractivity contribution in [3.8, 4) is 5.75 Å². The molecule has 2 aliphatic rings. The van der Waals surface area contributed by atoms with Gasteiger partial charge in [0.2, 0.25) is 0 Å². The van der Waals surface area contributed by atoms with Crippen molar-refractivity contribution in [2.24, 2.45) is 0 Å². The molecule has 2 saturated heterocycles. The number of ether oxygens (including phenoxy) is 2. The van der Waals surface area contributed by atoms with E-state index < -0.39 is 17.7 Å². The molecule has 2 aliphatic heterocycles. The summed E-state index contributed by atoms with van der Waals surface area (Å²) in [5.74, 6) is -0.747. The van der Waals surface area contributed by atoms with Crippen molar-refractivity contribution in [1.29, 1.82) is 0 Å². The fraction of sp³-hybridized carbons (Fsp3) is 0.333. The number of rotatable bonds is 9. The zero-order chi connectivity index (χ0) is 23.9. The SMILES string of the molecule is C=CCOc1ccc(C2/C(=C(/O)c3ccccc3)C(=O)C(=O)N2CCCN2CCOCC2)cc1. The predicted octanol–water partition coefficient (Wildman–Crippen LogP) is 3.40. The molecule has 1 amide bonds. The number of nitrogens with zero attached hydrogens (tertiary/aromatic N) is 2. The number of ketones is 1. The quantitative estimate of drug-likeness (QED) is 0.266. The van der Waals surface area contributed by atoms with Crippen LogP contribution in [0.2, 0.25) is 0 Å². The number of hydrogen-bond acceptors (Lipinski definition) is 6.